The molecule has 2 amide bonds. The fourth-order valence-corrected chi connectivity index (χ4v) is 2.63. The van der Waals surface area contributed by atoms with E-state index in [1.165, 1.54) is 11.8 Å². The molecule has 0 saturated heterocycles. The standard InChI is InChI=1S/C19H22ClN3O2/c1-14-4-5-17(20)12-18(14)23(15(2)24)13-19(25)22(3)11-8-16-6-9-21-10-7-16/h4-7,9-10,12H,8,11,13H2,1-3H3. The molecule has 1 heterocycles. The van der Waals surface area contributed by atoms with Gasteiger partial charge in [0.2, 0.25) is 11.8 Å². The fourth-order valence-electron chi connectivity index (χ4n) is 2.47. The van der Waals surface area contributed by atoms with Crippen LogP contribution in [0.1, 0.15) is 18.1 Å². The van der Waals surface area contributed by atoms with Crippen LogP contribution in [0.4, 0.5) is 5.69 Å². The van der Waals surface area contributed by atoms with Gasteiger partial charge in [-0.15, -0.1) is 0 Å². The Morgan fingerprint density at radius 2 is 1.84 bits per heavy atom. The van der Waals surface area contributed by atoms with Gasteiger partial charge in [-0.25, -0.2) is 0 Å². The van der Waals surface area contributed by atoms with Gasteiger partial charge in [-0.3, -0.25) is 14.6 Å². The summed E-state index contributed by atoms with van der Waals surface area (Å²) in [5.74, 6) is -0.315. The second kappa shape index (κ2) is 8.62. The Labute approximate surface area is 153 Å². The molecule has 0 fully saturated rings. The van der Waals surface area contributed by atoms with Crippen LogP contribution in [0.2, 0.25) is 5.02 Å². The summed E-state index contributed by atoms with van der Waals surface area (Å²) in [6.45, 7) is 3.90. The Morgan fingerprint density at radius 1 is 1.16 bits per heavy atom. The van der Waals surface area contributed by atoms with Gasteiger partial charge >= 0.3 is 0 Å². The largest absolute Gasteiger partial charge is 0.344 e. The van der Waals surface area contributed by atoms with E-state index >= 15 is 0 Å². The van der Waals surface area contributed by atoms with E-state index in [1.807, 2.05) is 25.1 Å². The molecule has 0 bridgehead atoms. The minimum absolute atomic E-state index is 0.0106. The molecule has 2 rings (SSSR count). The Bertz CT molecular complexity index is 750. The number of hydrogen-bond donors (Lipinski definition) is 0. The lowest BCUT2D eigenvalue weighted by atomic mass is 10.1. The van der Waals surface area contributed by atoms with Gasteiger partial charge in [0.05, 0.1) is 0 Å². The molecule has 0 spiro atoms. The number of rotatable bonds is 6. The van der Waals surface area contributed by atoms with E-state index in [4.69, 9.17) is 11.6 Å². The van der Waals surface area contributed by atoms with E-state index in [1.54, 1.807) is 36.5 Å². The number of hydrogen-bond acceptors (Lipinski definition) is 3. The van der Waals surface area contributed by atoms with Gasteiger partial charge in [-0.05, 0) is 48.7 Å². The molecule has 6 heteroatoms. The first-order valence-electron chi connectivity index (χ1n) is 8.05. The Balaban J connectivity index is 2.04. The number of carbonyl (C=O) groups is 2. The molecule has 1 aromatic heterocycles. The minimum atomic E-state index is -0.193. The summed E-state index contributed by atoms with van der Waals surface area (Å²) < 4.78 is 0. The maximum atomic E-state index is 12.5. The summed E-state index contributed by atoms with van der Waals surface area (Å²) in [5.41, 5.74) is 2.67. The zero-order valence-electron chi connectivity index (χ0n) is 14.7. The number of halogens is 1. The SMILES string of the molecule is CC(=O)N(CC(=O)N(C)CCc1ccncc1)c1cc(Cl)ccc1C. The number of pyridine rings is 1. The highest BCUT2D eigenvalue weighted by atomic mass is 35.5. The van der Waals surface area contributed by atoms with Crippen molar-refractivity contribution in [3.05, 3.63) is 58.9 Å². The number of benzene rings is 1. The van der Waals surface area contributed by atoms with Crippen LogP contribution in [0.5, 0.6) is 0 Å². The molecule has 0 radical (unpaired) electrons. The van der Waals surface area contributed by atoms with Crippen molar-refractivity contribution in [2.75, 3.05) is 25.0 Å². The number of aromatic nitrogens is 1. The van der Waals surface area contributed by atoms with Crippen LogP contribution in [0.15, 0.2) is 42.7 Å². The van der Waals surface area contributed by atoms with Gasteiger partial charge in [0.25, 0.3) is 0 Å². The molecule has 0 aliphatic heterocycles. The highest BCUT2D eigenvalue weighted by Gasteiger charge is 2.20. The highest BCUT2D eigenvalue weighted by Crippen LogP contribution is 2.24. The van der Waals surface area contributed by atoms with Gasteiger partial charge in [0.15, 0.2) is 0 Å². The van der Waals surface area contributed by atoms with Gasteiger partial charge in [-0.2, -0.15) is 0 Å². The minimum Gasteiger partial charge on any atom is -0.344 e. The Morgan fingerprint density at radius 3 is 2.48 bits per heavy atom. The summed E-state index contributed by atoms with van der Waals surface area (Å²) in [6.07, 6.45) is 4.20. The van der Waals surface area contributed by atoms with Crippen LogP contribution in [0.25, 0.3) is 0 Å². The molecule has 5 nitrogen and oxygen atoms in total. The van der Waals surface area contributed by atoms with Crippen molar-refractivity contribution in [2.45, 2.75) is 20.3 Å². The van der Waals surface area contributed by atoms with E-state index in [-0.39, 0.29) is 18.4 Å². The number of carbonyl (C=O) groups excluding carboxylic acids is 2. The van der Waals surface area contributed by atoms with Crippen molar-refractivity contribution in [3.63, 3.8) is 0 Å². The van der Waals surface area contributed by atoms with E-state index in [9.17, 15) is 9.59 Å². The van der Waals surface area contributed by atoms with Crippen LogP contribution in [-0.4, -0.2) is 41.8 Å². The van der Waals surface area contributed by atoms with Crippen LogP contribution in [-0.2, 0) is 16.0 Å². The monoisotopic (exact) mass is 359 g/mol. The molecule has 132 valence electrons. The van der Waals surface area contributed by atoms with E-state index in [0.717, 1.165) is 17.5 Å². The second-order valence-corrected chi connectivity index (χ2v) is 6.39. The van der Waals surface area contributed by atoms with Crippen LogP contribution in [0, 0.1) is 6.92 Å². The van der Waals surface area contributed by atoms with Gasteiger partial charge in [-0.1, -0.05) is 17.7 Å². The molecule has 2 aromatic rings. The molecule has 0 N–H and O–H groups in total. The first kappa shape index (κ1) is 18.9. The molecule has 0 atom stereocenters. The van der Waals surface area contributed by atoms with Crippen LogP contribution >= 0.6 is 11.6 Å². The lowest BCUT2D eigenvalue weighted by Crippen LogP contribution is -2.41. The zero-order chi connectivity index (χ0) is 18.4. The number of aryl methyl sites for hydroxylation is 1. The molecule has 0 aliphatic carbocycles. The Hall–Kier alpha value is -2.40. The molecule has 25 heavy (non-hydrogen) atoms. The maximum Gasteiger partial charge on any atom is 0.242 e. The number of nitrogens with zero attached hydrogens (tertiary/aromatic N) is 3. The molecule has 0 saturated carbocycles. The predicted octanol–water partition coefficient (Wildman–Crippen LogP) is 3.10. The second-order valence-electron chi connectivity index (χ2n) is 5.96. The molecular formula is C19H22ClN3O2. The number of anilines is 1. The lowest BCUT2D eigenvalue weighted by molar-refractivity contribution is -0.130. The van der Waals surface area contributed by atoms with Gasteiger partial charge < -0.3 is 9.80 Å². The smallest absolute Gasteiger partial charge is 0.242 e. The van der Waals surface area contributed by atoms with Crippen LogP contribution in [0.3, 0.4) is 0 Å². The first-order chi connectivity index (χ1) is 11.9. The van der Waals surface area contributed by atoms with Crippen LogP contribution < -0.4 is 4.90 Å². The van der Waals surface area contributed by atoms with Crippen molar-refractivity contribution < 1.29 is 9.59 Å². The molecule has 0 aliphatic rings. The van der Waals surface area contributed by atoms with Crippen molar-refractivity contribution in [1.82, 2.24) is 9.88 Å². The third-order valence-electron chi connectivity index (χ3n) is 4.05. The third-order valence-corrected chi connectivity index (χ3v) is 4.28. The first-order valence-corrected chi connectivity index (χ1v) is 8.43. The van der Waals surface area contributed by atoms with Crippen molar-refractivity contribution in [3.8, 4) is 0 Å². The summed E-state index contributed by atoms with van der Waals surface area (Å²) in [4.78, 5) is 31.7. The van der Waals surface area contributed by atoms with E-state index in [2.05, 4.69) is 4.98 Å². The fraction of sp³-hybridized carbons (Fsp3) is 0.316. The average Bonchev–Trinajstić information content (AvgIpc) is 2.60. The summed E-state index contributed by atoms with van der Waals surface area (Å²) in [5, 5.41) is 0.533. The Kier molecular flexibility index (Phi) is 6.53. The molecular weight excluding hydrogens is 338 g/mol. The van der Waals surface area contributed by atoms with E-state index in [0.29, 0.717) is 17.3 Å². The zero-order valence-corrected chi connectivity index (χ0v) is 15.5. The predicted molar refractivity (Wildman–Crippen MR) is 99.8 cm³/mol. The summed E-state index contributed by atoms with van der Waals surface area (Å²) >= 11 is 6.04. The molecule has 0 unspecified atom stereocenters. The molecule has 1 aromatic carbocycles. The summed E-state index contributed by atoms with van der Waals surface area (Å²) in [6, 6.07) is 9.17. The maximum absolute atomic E-state index is 12.5. The van der Waals surface area contributed by atoms with Crippen molar-refractivity contribution in [1.29, 1.82) is 0 Å². The lowest BCUT2D eigenvalue weighted by Gasteiger charge is -2.26. The highest BCUT2D eigenvalue weighted by molar-refractivity contribution is 6.31. The van der Waals surface area contributed by atoms with Gasteiger partial charge in [0, 0.05) is 43.6 Å². The quantitative estimate of drug-likeness (QED) is 0.796. The van der Waals surface area contributed by atoms with Crippen molar-refractivity contribution >= 4 is 29.1 Å². The average molecular weight is 360 g/mol. The normalized spacial score (nSPS) is 10.4. The summed E-state index contributed by atoms with van der Waals surface area (Å²) in [7, 11) is 1.74. The number of likely N-dealkylation sites (N-methyl/N-ethyl adjacent to an activating group) is 1. The topological polar surface area (TPSA) is 53.5 Å². The van der Waals surface area contributed by atoms with Gasteiger partial charge in [0.1, 0.15) is 6.54 Å². The number of amides is 2. The van der Waals surface area contributed by atoms with Crippen molar-refractivity contribution in [2.24, 2.45) is 0 Å². The van der Waals surface area contributed by atoms with E-state index < -0.39 is 0 Å². The third kappa shape index (κ3) is 5.29.